The largest absolute Gasteiger partial charge is 0.451 e. The van der Waals surface area contributed by atoms with Gasteiger partial charge >= 0.3 is 5.97 Å². The van der Waals surface area contributed by atoms with Crippen molar-refractivity contribution >= 4 is 29.4 Å². The number of carbonyl (C=O) groups excluding carboxylic acids is 4. The zero-order valence-electron chi connectivity index (χ0n) is 15.6. The zero-order chi connectivity index (χ0) is 20.4. The number of anilines is 1. The Morgan fingerprint density at radius 2 is 1.68 bits per heavy atom. The van der Waals surface area contributed by atoms with Gasteiger partial charge in [0.25, 0.3) is 5.91 Å². The van der Waals surface area contributed by atoms with Crippen molar-refractivity contribution in [3.63, 3.8) is 0 Å². The maximum atomic E-state index is 13.6. The van der Waals surface area contributed by atoms with Gasteiger partial charge in [0.2, 0.25) is 11.8 Å². The smallest absolute Gasteiger partial charge is 0.329 e. The first kappa shape index (κ1) is 19.7. The number of para-hydroxylation sites is 1. The van der Waals surface area contributed by atoms with Gasteiger partial charge in [-0.1, -0.05) is 24.3 Å². The Morgan fingerprint density at radius 1 is 1.11 bits per heavy atom. The second kappa shape index (κ2) is 7.92. The van der Waals surface area contributed by atoms with Crippen molar-refractivity contribution in [3.05, 3.63) is 42.2 Å². The van der Waals surface area contributed by atoms with E-state index in [0.29, 0.717) is 12.8 Å². The normalized spacial score (nSPS) is 23.2. The lowest BCUT2D eigenvalue weighted by molar-refractivity contribution is -0.163. The summed E-state index contributed by atoms with van der Waals surface area (Å²) in [6, 6.07) is 4.45. The van der Waals surface area contributed by atoms with Crippen molar-refractivity contribution in [1.82, 2.24) is 4.90 Å². The number of benzene rings is 1. The number of esters is 1. The molecule has 1 aromatic carbocycles. The van der Waals surface area contributed by atoms with Crippen LogP contribution in [0.1, 0.15) is 26.7 Å². The van der Waals surface area contributed by atoms with Crippen molar-refractivity contribution in [2.75, 3.05) is 5.32 Å². The number of hydrogen-bond acceptors (Lipinski definition) is 5. The van der Waals surface area contributed by atoms with Gasteiger partial charge in [0.15, 0.2) is 6.10 Å². The van der Waals surface area contributed by atoms with Crippen LogP contribution in [0.5, 0.6) is 0 Å². The summed E-state index contributed by atoms with van der Waals surface area (Å²) in [4.78, 5) is 50.6. The maximum absolute atomic E-state index is 13.6. The van der Waals surface area contributed by atoms with Crippen LogP contribution in [0.4, 0.5) is 10.1 Å². The molecule has 1 fully saturated rings. The summed E-state index contributed by atoms with van der Waals surface area (Å²) in [5.41, 5.74) is -0.0371. The van der Waals surface area contributed by atoms with Gasteiger partial charge in [0, 0.05) is 0 Å². The molecule has 0 saturated carbocycles. The minimum absolute atomic E-state index is 0.0371. The van der Waals surface area contributed by atoms with E-state index < -0.39 is 53.5 Å². The van der Waals surface area contributed by atoms with E-state index in [-0.39, 0.29) is 5.69 Å². The first-order valence-corrected chi connectivity index (χ1v) is 9.09. The Labute approximate surface area is 161 Å². The van der Waals surface area contributed by atoms with Crippen LogP contribution < -0.4 is 5.32 Å². The molecular weight excluding hydrogens is 367 g/mol. The molecule has 3 amide bonds. The summed E-state index contributed by atoms with van der Waals surface area (Å²) >= 11 is 0. The van der Waals surface area contributed by atoms with Gasteiger partial charge in [0.05, 0.1) is 17.5 Å². The average Bonchev–Trinajstić information content (AvgIpc) is 2.93. The van der Waals surface area contributed by atoms with E-state index >= 15 is 0 Å². The maximum Gasteiger partial charge on any atom is 0.329 e. The number of nitrogens with one attached hydrogen (secondary N) is 1. The van der Waals surface area contributed by atoms with E-state index in [0.717, 1.165) is 4.90 Å². The molecule has 1 aliphatic carbocycles. The summed E-state index contributed by atoms with van der Waals surface area (Å²) < 4.78 is 18.7. The Bertz CT molecular complexity index is 827. The third kappa shape index (κ3) is 3.67. The van der Waals surface area contributed by atoms with E-state index in [1.165, 1.54) is 32.0 Å². The van der Waals surface area contributed by atoms with Gasteiger partial charge in [-0.25, -0.2) is 9.18 Å². The molecule has 0 spiro atoms. The SMILES string of the molecule is CC(OC(=O)C(C)N1C(=O)C2CC=CCC2C1=O)C(=O)Nc1ccccc1F. The Morgan fingerprint density at radius 3 is 2.25 bits per heavy atom. The van der Waals surface area contributed by atoms with Crippen LogP contribution in [0.15, 0.2) is 36.4 Å². The molecule has 1 N–H and O–H groups in total. The topological polar surface area (TPSA) is 92.8 Å². The highest BCUT2D eigenvalue weighted by Gasteiger charge is 2.50. The first-order valence-electron chi connectivity index (χ1n) is 9.09. The number of fused-ring (bicyclic) bond motifs is 1. The molecule has 8 heteroatoms. The minimum atomic E-state index is -1.23. The van der Waals surface area contributed by atoms with Crippen LogP contribution >= 0.6 is 0 Å². The summed E-state index contributed by atoms with van der Waals surface area (Å²) in [5, 5.41) is 2.34. The highest BCUT2D eigenvalue weighted by atomic mass is 19.1. The number of amides is 3. The fourth-order valence-electron chi connectivity index (χ4n) is 3.44. The summed E-state index contributed by atoms with van der Waals surface area (Å²) in [7, 11) is 0. The molecule has 2 aliphatic rings. The lowest BCUT2D eigenvalue weighted by Gasteiger charge is -2.23. The molecule has 0 aromatic heterocycles. The third-order valence-corrected chi connectivity index (χ3v) is 5.06. The number of halogens is 1. The molecular formula is C20H21FN2O5. The molecule has 3 rings (SSSR count). The van der Waals surface area contributed by atoms with Crippen LogP contribution in [-0.4, -0.2) is 40.7 Å². The summed E-state index contributed by atoms with van der Waals surface area (Å²) in [5.74, 6) is -3.90. The third-order valence-electron chi connectivity index (χ3n) is 5.06. The zero-order valence-corrected chi connectivity index (χ0v) is 15.6. The van der Waals surface area contributed by atoms with Gasteiger partial charge in [-0.2, -0.15) is 0 Å². The van der Waals surface area contributed by atoms with Crippen LogP contribution in [0.25, 0.3) is 0 Å². The standard InChI is InChI=1S/C20H21FN2O5/c1-11(23-18(25)13-7-3-4-8-14(13)19(23)26)20(27)28-12(2)17(24)22-16-10-6-5-9-15(16)21/h3-6,9-14H,7-8H2,1-2H3,(H,22,24). The summed E-state index contributed by atoms with van der Waals surface area (Å²) in [6.07, 6.45) is 3.41. The molecule has 1 saturated heterocycles. The van der Waals surface area contributed by atoms with E-state index in [2.05, 4.69) is 5.32 Å². The van der Waals surface area contributed by atoms with Crippen molar-refractivity contribution in [1.29, 1.82) is 0 Å². The van der Waals surface area contributed by atoms with E-state index in [1.54, 1.807) is 6.07 Å². The Hall–Kier alpha value is -3.03. The number of carbonyl (C=O) groups is 4. The molecule has 1 aliphatic heterocycles. The van der Waals surface area contributed by atoms with Crippen LogP contribution in [0.2, 0.25) is 0 Å². The fraction of sp³-hybridized carbons (Fsp3) is 0.400. The molecule has 28 heavy (non-hydrogen) atoms. The Balaban J connectivity index is 1.62. The van der Waals surface area contributed by atoms with E-state index in [9.17, 15) is 23.6 Å². The highest BCUT2D eigenvalue weighted by Crippen LogP contribution is 2.36. The first-order chi connectivity index (χ1) is 13.3. The second-order valence-corrected chi connectivity index (χ2v) is 6.93. The van der Waals surface area contributed by atoms with Crippen molar-refractivity contribution < 1.29 is 28.3 Å². The lowest BCUT2D eigenvalue weighted by Crippen LogP contribution is -2.46. The van der Waals surface area contributed by atoms with Gasteiger partial charge in [-0.3, -0.25) is 19.3 Å². The number of hydrogen-bond donors (Lipinski definition) is 1. The highest BCUT2D eigenvalue weighted by molar-refractivity contribution is 6.08. The number of rotatable bonds is 5. The number of ether oxygens (including phenoxy) is 1. The van der Waals surface area contributed by atoms with Crippen LogP contribution in [-0.2, 0) is 23.9 Å². The van der Waals surface area contributed by atoms with Crippen molar-refractivity contribution in [3.8, 4) is 0 Å². The molecule has 0 bridgehead atoms. The molecule has 0 radical (unpaired) electrons. The average molecular weight is 388 g/mol. The van der Waals surface area contributed by atoms with Gasteiger partial charge < -0.3 is 10.1 Å². The second-order valence-electron chi connectivity index (χ2n) is 6.93. The summed E-state index contributed by atoms with van der Waals surface area (Å²) in [6.45, 7) is 2.72. The molecule has 4 unspecified atom stereocenters. The van der Waals surface area contributed by atoms with E-state index in [4.69, 9.17) is 4.74 Å². The van der Waals surface area contributed by atoms with Gasteiger partial charge in [0.1, 0.15) is 11.9 Å². The monoisotopic (exact) mass is 388 g/mol. The molecule has 4 atom stereocenters. The lowest BCUT2D eigenvalue weighted by atomic mass is 9.85. The number of imide groups is 1. The quantitative estimate of drug-likeness (QED) is 0.473. The van der Waals surface area contributed by atoms with Crippen LogP contribution in [0.3, 0.4) is 0 Å². The van der Waals surface area contributed by atoms with Gasteiger partial charge in [-0.05, 0) is 38.8 Å². The molecule has 1 heterocycles. The van der Waals surface area contributed by atoms with Crippen LogP contribution in [0, 0.1) is 17.7 Å². The predicted octanol–water partition coefficient (Wildman–Crippen LogP) is 2.04. The van der Waals surface area contributed by atoms with Crippen molar-refractivity contribution in [2.24, 2.45) is 11.8 Å². The molecule has 148 valence electrons. The number of nitrogens with zero attached hydrogens (tertiary/aromatic N) is 1. The van der Waals surface area contributed by atoms with Gasteiger partial charge in [-0.15, -0.1) is 0 Å². The minimum Gasteiger partial charge on any atom is -0.451 e. The van der Waals surface area contributed by atoms with Crippen molar-refractivity contribution in [2.45, 2.75) is 38.8 Å². The fourth-order valence-corrected chi connectivity index (χ4v) is 3.44. The predicted molar refractivity (Wildman–Crippen MR) is 97.3 cm³/mol. The number of allylic oxidation sites excluding steroid dienone is 2. The Kier molecular flexibility index (Phi) is 5.58. The molecule has 1 aromatic rings. The number of likely N-dealkylation sites (tertiary alicyclic amines) is 1. The van der Waals surface area contributed by atoms with E-state index in [1.807, 2.05) is 12.2 Å². The molecule has 7 nitrogen and oxygen atoms in total.